The summed E-state index contributed by atoms with van der Waals surface area (Å²) in [4.78, 5) is 21.4. The highest BCUT2D eigenvalue weighted by Gasteiger charge is 2.38. The lowest BCUT2D eigenvalue weighted by molar-refractivity contribution is -0.166. The van der Waals surface area contributed by atoms with E-state index in [2.05, 4.69) is 0 Å². The van der Waals surface area contributed by atoms with Crippen LogP contribution < -0.4 is 5.73 Å². The number of carboxylic acids is 1. The first-order valence-corrected chi connectivity index (χ1v) is 3.70. The lowest BCUT2D eigenvalue weighted by atomic mass is 9.90. The molecule has 0 saturated carbocycles. The van der Waals surface area contributed by atoms with Crippen molar-refractivity contribution in [2.24, 2.45) is 11.7 Å². The number of carbonyl (C=O) groups is 2. The van der Waals surface area contributed by atoms with Gasteiger partial charge in [0.1, 0.15) is 12.0 Å². The van der Waals surface area contributed by atoms with Gasteiger partial charge in [0.05, 0.1) is 6.42 Å². The number of hydrogen-bond acceptors (Lipinski definition) is 4. The summed E-state index contributed by atoms with van der Waals surface area (Å²) in [5.41, 5.74) is 5.48. The minimum Gasteiger partial charge on any atom is -0.481 e. The molecule has 5 nitrogen and oxygen atoms in total. The number of carboxylic acid groups (broad SMARTS) is 1. The highest BCUT2D eigenvalue weighted by molar-refractivity contribution is 5.85. The van der Waals surface area contributed by atoms with Crippen LogP contribution in [0, 0.1) is 5.92 Å². The summed E-state index contributed by atoms with van der Waals surface area (Å²) in [5, 5.41) is 8.69. The summed E-state index contributed by atoms with van der Waals surface area (Å²) in [6, 6.07) is -0.626. The lowest BCUT2D eigenvalue weighted by Crippen LogP contribution is -2.49. The second kappa shape index (κ2) is 4.43. The summed E-state index contributed by atoms with van der Waals surface area (Å²) >= 11 is 0. The van der Waals surface area contributed by atoms with Gasteiger partial charge in [-0.05, 0) is 6.92 Å². The van der Waals surface area contributed by atoms with Gasteiger partial charge in [-0.3, -0.25) is 9.59 Å². The number of rotatable bonds is 1. The number of ether oxygens (including phenoxy) is 1. The Hall–Kier alpha value is -0.810. The summed E-state index contributed by atoms with van der Waals surface area (Å²) in [6.07, 6.45) is -0.639. The maximum atomic E-state index is 10.8. The van der Waals surface area contributed by atoms with E-state index in [1.807, 2.05) is 0 Å². The van der Waals surface area contributed by atoms with Gasteiger partial charge in [-0.2, -0.15) is 0 Å². The first kappa shape index (κ1) is 12.2. The van der Waals surface area contributed by atoms with Gasteiger partial charge in [0.2, 0.25) is 0 Å². The quantitative estimate of drug-likeness (QED) is 0.583. The molecule has 3 atom stereocenters. The second-order valence-corrected chi connectivity index (χ2v) is 2.93. The van der Waals surface area contributed by atoms with E-state index < -0.39 is 30.0 Å². The van der Waals surface area contributed by atoms with Crippen molar-refractivity contribution in [3.05, 3.63) is 0 Å². The largest absolute Gasteiger partial charge is 0.481 e. The molecule has 0 amide bonds. The molecule has 0 aromatic carbocycles. The number of carbonyl (C=O) groups excluding carboxylic acids is 1. The second-order valence-electron chi connectivity index (χ2n) is 2.93. The summed E-state index contributed by atoms with van der Waals surface area (Å²) in [6.45, 7) is 1.54. The number of aliphatic carboxylic acids is 1. The van der Waals surface area contributed by atoms with Crippen molar-refractivity contribution >= 4 is 24.3 Å². The van der Waals surface area contributed by atoms with E-state index in [0.717, 1.165) is 0 Å². The smallest absolute Gasteiger partial charge is 0.311 e. The molecule has 0 bridgehead atoms. The minimum absolute atomic E-state index is 0. The summed E-state index contributed by atoms with van der Waals surface area (Å²) in [5.74, 6) is -2.21. The highest BCUT2D eigenvalue weighted by Crippen LogP contribution is 2.20. The zero-order valence-electron chi connectivity index (χ0n) is 7.10. The molecule has 1 heterocycles. The molecule has 1 aliphatic heterocycles. The van der Waals surface area contributed by atoms with E-state index in [0.29, 0.717) is 0 Å². The van der Waals surface area contributed by atoms with E-state index in [4.69, 9.17) is 15.6 Å². The van der Waals surface area contributed by atoms with Crippen molar-refractivity contribution < 1.29 is 19.4 Å². The molecule has 76 valence electrons. The van der Waals surface area contributed by atoms with Gasteiger partial charge in [0.25, 0.3) is 0 Å². The van der Waals surface area contributed by atoms with Crippen molar-refractivity contribution in [2.75, 3.05) is 0 Å². The van der Waals surface area contributed by atoms with Crippen LogP contribution in [0.25, 0.3) is 0 Å². The van der Waals surface area contributed by atoms with Gasteiger partial charge in [-0.25, -0.2) is 0 Å². The Morgan fingerprint density at radius 3 is 2.62 bits per heavy atom. The average Bonchev–Trinajstić information content (AvgIpc) is 1.82. The number of hydrogen-bond donors (Lipinski definition) is 2. The van der Waals surface area contributed by atoms with Gasteiger partial charge in [-0.15, -0.1) is 12.4 Å². The zero-order valence-corrected chi connectivity index (χ0v) is 7.91. The van der Waals surface area contributed by atoms with Crippen molar-refractivity contribution in [2.45, 2.75) is 25.5 Å². The number of cyclic esters (lactones) is 1. The predicted octanol–water partition coefficient (Wildman–Crippen LogP) is -0.228. The van der Waals surface area contributed by atoms with E-state index in [9.17, 15) is 9.59 Å². The Bertz CT molecular complexity index is 207. The third-order valence-electron chi connectivity index (χ3n) is 1.97. The Morgan fingerprint density at radius 2 is 2.23 bits per heavy atom. The third-order valence-corrected chi connectivity index (χ3v) is 1.97. The van der Waals surface area contributed by atoms with Crippen molar-refractivity contribution in [3.63, 3.8) is 0 Å². The topological polar surface area (TPSA) is 89.6 Å². The summed E-state index contributed by atoms with van der Waals surface area (Å²) in [7, 11) is 0. The van der Waals surface area contributed by atoms with E-state index >= 15 is 0 Å². The molecule has 0 radical (unpaired) electrons. The number of esters is 1. The SMILES string of the molecule is C[C@@H]1OC(=O)CC(N)C1C(=O)O.Cl. The summed E-state index contributed by atoms with van der Waals surface area (Å²) < 4.78 is 4.73. The molecule has 0 spiro atoms. The lowest BCUT2D eigenvalue weighted by Gasteiger charge is -2.30. The third kappa shape index (κ3) is 2.57. The fraction of sp³-hybridized carbons (Fsp3) is 0.714. The number of halogens is 1. The van der Waals surface area contributed by atoms with E-state index in [1.54, 1.807) is 0 Å². The monoisotopic (exact) mass is 209 g/mol. The average molecular weight is 210 g/mol. The fourth-order valence-electron chi connectivity index (χ4n) is 1.38. The predicted molar refractivity (Wildman–Crippen MR) is 46.5 cm³/mol. The fourth-order valence-corrected chi connectivity index (χ4v) is 1.38. The molecule has 0 aliphatic carbocycles. The van der Waals surface area contributed by atoms with Crippen LogP contribution in [0.5, 0.6) is 0 Å². The van der Waals surface area contributed by atoms with E-state index in [1.165, 1.54) is 6.92 Å². The molecule has 1 saturated heterocycles. The molecule has 13 heavy (non-hydrogen) atoms. The zero-order chi connectivity index (χ0) is 9.30. The van der Waals surface area contributed by atoms with Crippen LogP contribution in [0.4, 0.5) is 0 Å². The van der Waals surface area contributed by atoms with Gasteiger partial charge in [0, 0.05) is 6.04 Å². The van der Waals surface area contributed by atoms with Gasteiger partial charge in [0.15, 0.2) is 0 Å². The van der Waals surface area contributed by atoms with Gasteiger partial charge < -0.3 is 15.6 Å². The minimum atomic E-state index is -1.01. The van der Waals surface area contributed by atoms with Crippen molar-refractivity contribution in [1.82, 2.24) is 0 Å². The molecule has 1 aliphatic rings. The first-order valence-electron chi connectivity index (χ1n) is 3.70. The van der Waals surface area contributed by atoms with Crippen LogP contribution in [-0.4, -0.2) is 29.2 Å². The number of nitrogens with two attached hydrogens (primary N) is 1. The molecule has 6 heteroatoms. The Labute approximate surface area is 81.6 Å². The van der Waals surface area contributed by atoms with Crippen LogP contribution in [0.3, 0.4) is 0 Å². The van der Waals surface area contributed by atoms with Gasteiger partial charge >= 0.3 is 11.9 Å². The molecular formula is C7H12ClNO4. The highest BCUT2D eigenvalue weighted by atomic mass is 35.5. The van der Waals surface area contributed by atoms with Crippen LogP contribution in [0.2, 0.25) is 0 Å². The van der Waals surface area contributed by atoms with Crippen molar-refractivity contribution in [1.29, 1.82) is 0 Å². The normalized spacial score (nSPS) is 33.1. The molecule has 0 aromatic rings. The maximum Gasteiger partial charge on any atom is 0.311 e. The molecule has 3 N–H and O–H groups in total. The van der Waals surface area contributed by atoms with Gasteiger partial charge in [-0.1, -0.05) is 0 Å². The van der Waals surface area contributed by atoms with E-state index in [-0.39, 0.29) is 18.8 Å². The van der Waals surface area contributed by atoms with Crippen LogP contribution in [-0.2, 0) is 14.3 Å². The molecule has 0 aromatic heterocycles. The first-order chi connectivity index (χ1) is 5.52. The molecule has 2 unspecified atom stereocenters. The maximum absolute atomic E-state index is 10.8. The Balaban J connectivity index is 0.00000144. The Morgan fingerprint density at radius 1 is 1.69 bits per heavy atom. The molecule has 1 fully saturated rings. The Kier molecular flexibility index (Phi) is 4.16. The van der Waals surface area contributed by atoms with Crippen LogP contribution >= 0.6 is 12.4 Å². The van der Waals surface area contributed by atoms with Crippen LogP contribution in [0.1, 0.15) is 13.3 Å². The molecular weight excluding hydrogens is 198 g/mol. The van der Waals surface area contributed by atoms with Crippen molar-refractivity contribution in [3.8, 4) is 0 Å². The standard InChI is InChI=1S/C7H11NO4.ClH/c1-3-6(7(10)11)4(8)2-5(9)12-3;/h3-4,6H,2,8H2,1H3,(H,10,11);1H/t3-,4?,6?;/m0./s1. The van der Waals surface area contributed by atoms with Crippen LogP contribution in [0.15, 0.2) is 0 Å². The molecule has 1 rings (SSSR count).